The minimum atomic E-state index is -0.470. The van der Waals surface area contributed by atoms with E-state index in [-0.39, 0.29) is 0 Å². The van der Waals surface area contributed by atoms with E-state index in [1.807, 2.05) is 49.4 Å². The van der Waals surface area contributed by atoms with Crippen LogP contribution >= 0.6 is 11.6 Å². The van der Waals surface area contributed by atoms with Gasteiger partial charge in [0.1, 0.15) is 11.5 Å². The van der Waals surface area contributed by atoms with Gasteiger partial charge in [-0.2, -0.15) is 0 Å². The highest BCUT2D eigenvalue weighted by Crippen LogP contribution is 2.30. The van der Waals surface area contributed by atoms with Crippen molar-refractivity contribution >= 4 is 11.6 Å². The number of aliphatic hydroxyl groups is 1. The van der Waals surface area contributed by atoms with Crippen molar-refractivity contribution in [3.05, 3.63) is 58.6 Å². The van der Waals surface area contributed by atoms with Gasteiger partial charge in [0.15, 0.2) is 0 Å². The van der Waals surface area contributed by atoms with Crippen molar-refractivity contribution in [1.29, 1.82) is 0 Å². The summed E-state index contributed by atoms with van der Waals surface area (Å²) in [5.74, 6) is 1.33. The molecule has 0 amide bonds. The van der Waals surface area contributed by atoms with Crippen LogP contribution in [0.5, 0.6) is 11.5 Å². The minimum absolute atomic E-state index is 0.470. The van der Waals surface area contributed by atoms with Gasteiger partial charge in [-0.25, -0.2) is 0 Å². The minimum Gasteiger partial charge on any atom is -0.456 e. The lowest BCUT2D eigenvalue weighted by Gasteiger charge is -2.09. The summed E-state index contributed by atoms with van der Waals surface area (Å²) in [6, 6.07) is 13.0. The summed E-state index contributed by atoms with van der Waals surface area (Å²) < 4.78 is 5.69. The van der Waals surface area contributed by atoms with Gasteiger partial charge in [-0.3, -0.25) is 0 Å². The molecular formula is C15H15ClO2. The Hall–Kier alpha value is -1.51. The molecule has 0 aliphatic heterocycles. The maximum absolute atomic E-state index is 9.42. The molecule has 18 heavy (non-hydrogen) atoms. The molecule has 1 N–H and O–H groups in total. The fourth-order valence-electron chi connectivity index (χ4n) is 1.63. The monoisotopic (exact) mass is 262 g/mol. The molecule has 0 spiro atoms. The highest BCUT2D eigenvalue weighted by Gasteiger charge is 2.04. The lowest BCUT2D eigenvalue weighted by molar-refractivity contribution is 0.199. The van der Waals surface area contributed by atoms with Crippen molar-refractivity contribution in [2.45, 2.75) is 20.0 Å². The first-order chi connectivity index (χ1) is 8.56. The summed E-state index contributed by atoms with van der Waals surface area (Å²) in [4.78, 5) is 0. The SMILES string of the molecule is Cc1ccc(Oc2ccc([C@H](C)O)cc2)c(Cl)c1. The van der Waals surface area contributed by atoms with Crippen LogP contribution in [0.3, 0.4) is 0 Å². The summed E-state index contributed by atoms with van der Waals surface area (Å²) in [6.07, 6.45) is -0.470. The number of hydrogen-bond acceptors (Lipinski definition) is 2. The molecule has 94 valence electrons. The largest absolute Gasteiger partial charge is 0.456 e. The van der Waals surface area contributed by atoms with Gasteiger partial charge >= 0.3 is 0 Å². The van der Waals surface area contributed by atoms with Gasteiger partial charge in [-0.1, -0.05) is 29.8 Å². The molecule has 2 aromatic carbocycles. The van der Waals surface area contributed by atoms with E-state index < -0.39 is 6.10 Å². The molecule has 2 nitrogen and oxygen atoms in total. The summed E-state index contributed by atoms with van der Waals surface area (Å²) in [7, 11) is 0. The van der Waals surface area contributed by atoms with Crippen molar-refractivity contribution in [3.63, 3.8) is 0 Å². The number of benzene rings is 2. The van der Waals surface area contributed by atoms with Crippen molar-refractivity contribution in [3.8, 4) is 11.5 Å². The molecule has 2 aromatic rings. The Kier molecular flexibility index (Phi) is 3.90. The van der Waals surface area contributed by atoms with Gasteiger partial charge in [0.25, 0.3) is 0 Å². The highest BCUT2D eigenvalue weighted by atomic mass is 35.5. The summed E-state index contributed by atoms with van der Waals surface area (Å²) in [6.45, 7) is 3.71. The number of ether oxygens (including phenoxy) is 1. The molecule has 0 aliphatic rings. The van der Waals surface area contributed by atoms with E-state index in [1.165, 1.54) is 0 Å². The summed E-state index contributed by atoms with van der Waals surface area (Å²) in [5.41, 5.74) is 1.95. The van der Waals surface area contributed by atoms with E-state index in [1.54, 1.807) is 6.92 Å². The Bertz CT molecular complexity index is 533. The smallest absolute Gasteiger partial charge is 0.146 e. The van der Waals surface area contributed by atoms with Crippen LogP contribution in [0.1, 0.15) is 24.2 Å². The third-order valence-corrected chi connectivity index (χ3v) is 2.97. The molecule has 0 unspecified atom stereocenters. The number of hydrogen-bond donors (Lipinski definition) is 1. The van der Waals surface area contributed by atoms with Crippen molar-refractivity contribution in [2.24, 2.45) is 0 Å². The van der Waals surface area contributed by atoms with Gasteiger partial charge in [0, 0.05) is 0 Å². The lowest BCUT2D eigenvalue weighted by atomic mass is 10.1. The van der Waals surface area contributed by atoms with Crippen LogP contribution in [-0.4, -0.2) is 5.11 Å². The quantitative estimate of drug-likeness (QED) is 0.883. The Labute approximate surface area is 112 Å². The predicted octanol–water partition coefficient (Wildman–Crippen LogP) is 4.49. The highest BCUT2D eigenvalue weighted by molar-refractivity contribution is 6.32. The molecule has 0 fully saturated rings. The average molecular weight is 263 g/mol. The standard InChI is InChI=1S/C15H15ClO2/c1-10-3-8-15(14(16)9-10)18-13-6-4-12(5-7-13)11(2)17/h3-9,11,17H,1-2H3/t11-/m0/s1. The normalized spacial score (nSPS) is 12.2. The van der Waals surface area contributed by atoms with Crippen LogP contribution in [-0.2, 0) is 0 Å². The summed E-state index contributed by atoms with van der Waals surface area (Å²) in [5, 5.41) is 10.0. The van der Waals surface area contributed by atoms with Crippen molar-refractivity contribution in [1.82, 2.24) is 0 Å². The Morgan fingerprint density at radius 1 is 1.11 bits per heavy atom. The maximum Gasteiger partial charge on any atom is 0.146 e. The number of aliphatic hydroxyl groups excluding tert-OH is 1. The molecule has 0 radical (unpaired) electrons. The molecular weight excluding hydrogens is 248 g/mol. The molecule has 0 saturated heterocycles. The fourth-order valence-corrected chi connectivity index (χ4v) is 1.90. The van der Waals surface area contributed by atoms with Gasteiger partial charge < -0.3 is 9.84 Å². The molecule has 0 heterocycles. The Balaban J connectivity index is 2.18. The van der Waals surface area contributed by atoms with Crippen LogP contribution in [0, 0.1) is 6.92 Å². The van der Waals surface area contributed by atoms with E-state index in [0.717, 1.165) is 11.1 Å². The van der Waals surface area contributed by atoms with E-state index in [2.05, 4.69) is 0 Å². The molecule has 0 aliphatic carbocycles. The van der Waals surface area contributed by atoms with Crippen molar-refractivity contribution < 1.29 is 9.84 Å². The first-order valence-electron chi connectivity index (χ1n) is 5.78. The maximum atomic E-state index is 9.42. The predicted molar refractivity (Wildman–Crippen MR) is 73.3 cm³/mol. The van der Waals surface area contributed by atoms with Crippen LogP contribution in [0.25, 0.3) is 0 Å². The fraction of sp³-hybridized carbons (Fsp3) is 0.200. The van der Waals surface area contributed by atoms with Crippen molar-refractivity contribution in [2.75, 3.05) is 0 Å². The van der Waals surface area contributed by atoms with E-state index in [4.69, 9.17) is 16.3 Å². The summed E-state index contributed by atoms with van der Waals surface area (Å²) >= 11 is 6.10. The van der Waals surface area contributed by atoms with Gasteiger partial charge in [0.2, 0.25) is 0 Å². The molecule has 0 bridgehead atoms. The molecule has 0 aromatic heterocycles. The van der Waals surface area contributed by atoms with Crippen LogP contribution in [0.2, 0.25) is 5.02 Å². The van der Waals surface area contributed by atoms with Crippen LogP contribution in [0.4, 0.5) is 0 Å². The Morgan fingerprint density at radius 3 is 2.33 bits per heavy atom. The third kappa shape index (κ3) is 3.03. The van der Waals surface area contributed by atoms with Gasteiger partial charge in [-0.05, 0) is 49.2 Å². The topological polar surface area (TPSA) is 29.5 Å². The first kappa shape index (κ1) is 12.9. The second-order valence-corrected chi connectivity index (χ2v) is 4.69. The van der Waals surface area contributed by atoms with E-state index in [9.17, 15) is 5.11 Å². The molecule has 3 heteroatoms. The zero-order chi connectivity index (χ0) is 13.1. The van der Waals surface area contributed by atoms with E-state index >= 15 is 0 Å². The molecule has 1 atom stereocenters. The lowest BCUT2D eigenvalue weighted by Crippen LogP contribution is -1.91. The number of rotatable bonds is 3. The third-order valence-electron chi connectivity index (χ3n) is 2.68. The number of halogens is 1. The Morgan fingerprint density at radius 2 is 1.78 bits per heavy atom. The molecule has 0 saturated carbocycles. The molecule has 2 rings (SSSR count). The zero-order valence-corrected chi connectivity index (χ0v) is 11.1. The van der Waals surface area contributed by atoms with Crippen LogP contribution in [0.15, 0.2) is 42.5 Å². The second kappa shape index (κ2) is 5.42. The zero-order valence-electron chi connectivity index (χ0n) is 10.4. The van der Waals surface area contributed by atoms with Crippen LogP contribution < -0.4 is 4.74 Å². The average Bonchev–Trinajstić information content (AvgIpc) is 2.33. The second-order valence-electron chi connectivity index (χ2n) is 4.28. The van der Waals surface area contributed by atoms with Gasteiger partial charge in [0.05, 0.1) is 11.1 Å². The van der Waals surface area contributed by atoms with Gasteiger partial charge in [-0.15, -0.1) is 0 Å². The first-order valence-corrected chi connectivity index (χ1v) is 6.16. The number of aryl methyl sites for hydroxylation is 1. The van der Waals surface area contributed by atoms with E-state index in [0.29, 0.717) is 16.5 Å².